The lowest BCUT2D eigenvalue weighted by atomic mass is 9.94. The summed E-state index contributed by atoms with van der Waals surface area (Å²) in [5.74, 6) is 0.707. The van der Waals surface area contributed by atoms with Crippen LogP contribution in [0.2, 0.25) is 5.02 Å². The Morgan fingerprint density at radius 2 is 2.00 bits per heavy atom. The highest BCUT2D eigenvalue weighted by Gasteiger charge is 2.46. The minimum atomic E-state index is -4.40. The lowest BCUT2D eigenvalue weighted by molar-refractivity contribution is -0.137. The van der Waals surface area contributed by atoms with Crippen molar-refractivity contribution in [2.75, 3.05) is 11.9 Å². The Balaban J connectivity index is 0.00000243. The van der Waals surface area contributed by atoms with Crippen molar-refractivity contribution in [1.82, 2.24) is 4.98 Å². The molecule has 4 nitrogen and oxygen atoms in total. The SMILES string of the molecule is I.NC(=NCC1(c2cc(C(F)(F)F)ccc2Cl)CC1)Nc1ccccn1. The third-order valence-corrected chi connectivity index (χ3v) is 4.52. The highest BCUT2D eigenvalue weighted by atomic mass is 127. The van der Waals surface area contributed by atoms with Gasteiger partial charge in [-0.2, -0.15) is 13.2 Å². The van der Waals surface area contributed by atoms with Crippen LogP contribution in [0.1, 0.15) is 24.0 Å². The molecular weight excluding hydrogens is 480 g/mol. The largest absolute Gasteiger partial charge is 0.416 e. The molecule has 0 atom stereocenters. The topological polar surface area (TPSA) is 63.3 Å². The van der Waals surface area contributed by atoms with E-state index in [9.17, 15) is 13.2 Å². The van der Waals surface area contributed by atoms with E-state index in [1.165, 1.54) is 6.07 Å². The molecule has 0 unspecified atom stereocenters. The Morgan fingerprint density at radius 1 is 1.27 bits per heavy atom. The zero-order chi connectivity index (χ0) is 18.1. The molecule has 0 radical (unpaired) electrons. The summed E-state index contributed by atoms with van der Waals surface area (Å²) >= 11 is 6.14. The average molecular weight is 497 g/mol. The Hall–Kier alpha value is -1.55. The average Bonchev–Trinajstić information content (AvgIpc) is 3.34. The van der Waals surface area contributed by atoms with Crippen LogP contribution >= 0.6 is 35.6 Å². The first-order valence-corrected chi connectivity index (χ1v) is 8.03. The van der Waals surface area contributed by atoms with Crippen LogP contribution in [0.4, 0.5) is 19.0 Å². The molecule has 9 heteroatoms. The molecule has 0 aliphatic heterocycles. The normalized spacial score (nSPS) is 15.9. The minimum Gasteiger partial charge on any atom is -0.370 e. The number of hydrogen-bond acceptors (Lipinski definition) is 2. The van der Waals surface area contributed by atoms with Gasteiger partial charge >= 0.3 is 6.18 Å². The van der Waals surface area contributed by atoms with Crippen LogP contribution < -0.4 is 11.1 Å². The fraction of sp³-hybridized carbons (Fsp3) is 0.294. The number of aromatic nitrogens is 1. The standard InChI is InChI=1S/C17H16ClF3N4.HI/c18-13-5-4-11(17(19,20)21)9-12(13)16(6-7-16)10-24-15(22)25-14-3-1-2-8-23-14;/h1-5,8-9H,6-7,10H2,(H3,22,23,24,25);1H. The van der Waals surface area contributed by atoms with Crippen LogP contribution in [0.25, 0.3) is 0 Å². The number of rotatable bonds is 4. The van der Waals surface area contributed by atoms with Crippen molar-refractivity contribution in [1.29, 1.82) is 0 Å². The van der Waals surface area contributed by atoms with Crippen LogP contribution in [0.3, 0.4) is 0 Å². The number of hydrogen-bond donors (Lipinski definition) is 2. The zero-order valence-corrected chi connectivity index (χ0v) is 16.6. The van der Waals surface area contributed by atoms with E-state index >= 15 is 0 Å². The summed E-state index contributed by atoms with van der Waals surface area (Å²) in [4.78, 5) is 8.34. The van der Waals surface area contributed by atoms with Gasteiger partial charge in [-0.3, -0.25) is 4.99 Å². The first kappa shape index (κ1) is 20.8. The van der Waals surface area contributed by atoms with Gasteiger partial charge in [-0.15, -0.1) is 24.0 Å². The van der Waals surface area contributed by atoms with Gasteiger partial charge in [0.2, 0.25) is 0 Å². The van der Waals surface area contributed by atoms with Crippen molar-refractivity contribution in [3.8, 4) is 0 Å². The molecule has 3 rings (SSSR count). The number of nitrogens with one attached hydrogen (secondary N) is 1. The number of aliphatic imine (C=N–C) groups is 1. The highest BCUT2D eigenvalue weighted by Crippen LogP contribution is 2.51. The molecule has 0 saturated heterocycles. The fourth-order valence-corrected chi connectivity index (χ4v) is 2.93. The third kappa shape index (κ3) is 4.79. The summed E-state index contributed by atoms with van der Waals surface area (Å²) in [6.07, 6.45) is -1.36. The number of nitrogens with two attached hydrogens (primary N) is 1. The first-order chi connectivity index (χ1) is 11.8. The van der Waals surface area contributed by atoms with E-state index in [4.69, 9.17) is 17.3 Å². The lowest BCUT2D eigenvalue weighted by Gasteiger charge is -2.18. The van der Waals surface area contributed by atoms with Gasteiger partial charge in [-0.05, 0) is 48.7 Å². The summed E-state index contributed by atoms with van der Waals surface area (Å²) < 4.78 is 38.9. The van der Waals surface area contributed by atoms with Crippen LogP contribution in [0.5, 0.6) is 0 Å². The molecule has 1 heterocycles. The number of nitrogens with zero attached hydrogens (tertiary/aromatic N) is 2. The quantitative estimate of drug-likeness (QED) is 0.362. The molecule has 140 valence electrons. The Morgan fingerprint density at radius 3 is 2.58 bits per heavy atom. The van der Waals surface area contributed by atoms with Crippen molar-refractivity contribution in [3.05, 3.63) is 58.7 Å². The number of halogens is 5. The molecule has 1 aromatic heterocycles. The molecule has 0 spiro atoms. The summed E-state index contributed by atoms with van der Waals surface area (Å²) in [6, 6.07) is 8.70. The van der Waals surface area contributed by atoms with E-state index in [0.717, 1.165) is 12.1 Å². The van der Waals surface area contributed by atoms with Gasteiger partial charge < -0.3 is 11.1 Å². The third-order valence-electron chi connectivity index (χ3n) is 4.19. The predicted molar refractivity (Wildman–Crippen MR) is 107 cm³/mol. The van der Waals surface area contributed by atoms with Crippen molar-refractivity contribution in [2.45, 2.75) is 24.4 Å². The van der Waals surface area contributed by atoms with Crippen molar-refractivity contribution < 1.29 is 13.2 Å². The maximum Gasteiger partial charge on any atom is 0.416 e. The summed E-state index contributed by atoms with van der Waals surface area (Å²) in [7, 11) is 0. The Bertz CT molecular complexity index is 792. The zero-order valence-electron chi connectivity index (χ0n) is 13.6. The van der Waals surface area contributed by atoms with E-state index in [1.54, 1.807) is 24.4 Å². The molecule has 3 N–H and O–H groups in total. The number of guanidine groups is 1. The summed E-state index contributed by atoms with van der Waals surface area (Å²) in [6.45, 7) is 0.264. The second kappa shape index (κ2) is 7.99. The Kier molecular flexibility index (Phi) is 6.38. The van der Waals surface area contributed by atoms with E-state index in [-0.39, 0.29) is 36.5 Å². The van der Waals surface area contributed by atoms with Gasteiger partial charge in [0.1, 0.15) is 5.82 Å². The number of alkyl halides is 3. The van der Waals surface area contributed by atoms with Crippen molar-refractivity contribution in [3.63, 3.8) is 0 Å². The second-order valence-electron chi connectivity index (χ2n) is 6.01. The number of pyridine rings is 1. The van der Waals surface area contributed by atoms with Gasteiger partial charge in [0.15, 0.2) is 5.96 Å². The van der Waals surface area contributed by atoms with Gasteiger partial charge in [0.05, 0.1) is 12.1 Å². The van der Waals surface area contributed by atoms with Crippen molar-refractivity contribution >= 4 is 47.4 Å². The fourth-order valence-electron chi connectivity index (χ4n) is 2.62. The molecule has 26 heavy (non-hydrogen) atoms. The molecule has 2 aromatic rings. The number of anilines is 1. The van der Waals surface area contributed by atoms with Gasteiger partial charge in [0, 0.05) is 16.6 Å². The maximum atomic E-state index is 13.0. The van der Waals surface area contributed by atoms with Gasteiger partial charge in [-0.25, -0.2) is 4.98 Å². The lowest BCUT2D eigenvalue weighted by Crippen LogP contribution is -2.25. The monoisotopic (exact) mass is 496 g/mol. The minimum absolute atomic E-state index is 0. The van der Waals surface area contributed by atoms with Crippen LogP contribution in [-0.2, 0) is 11.6 Å². The maximum absolute atomic E-state index is 13.0. The smallest absolute Gasteiger partial charge is 0.370 e. The van der Waals surface area contributed by atoms with E-state index in [2.05, 4.69) is 15.3 Å². The van der Waals surface area contributed by atoms with Gasteiger partial charge in [-0.1, -0.05) is 17.7 Å². The predicted octanol–water partition coefficient (Wildman–Crippen LogP) is 4.83. The molecule has 1 aliphatic rings. The first-order valence-electron chi connectivity index (χ1n) is 7.65. The van der Waals surface area contributed by atoms with Crippen LogP contribution in [-0.4, -0.2) is 17.5 Å². The summed E-state index contributed by atoms with van der Waals surface area (Å²) in [5.41, 5.74) is 5.11. The van der Waals surface area contributed by atoms with Crippen LogP contribution in [0, 0.1) is 0 Å². The van der Waals surface area contributed by atoms with Gasteiger partial charge in [0.25, 0.3) is 0 Å². The van der Waals surface area contributed by atoms with E-state index in [0.29, 0.717) is 29.2 Å². The van der Waals surface area contributed by atoms with E-state index in [1.807, 2.05) is 0 Å². The van der Waals surface area contributed by atoms with Crippen LogP contribution in [0.15, 0.2) is 47.6 Å². The van der Waals surface area contributed by atoms with E-state index < -0.39 is 17.2 Å². The molecule has 0 bridgehead atoms. The molecule has 1 saturated carbocycles. The number of benzene rings is 1. The molecule has 1 aromatic carbocycles. The molecule has 1 aliphatic carbocycles. The molecule has 1 fully saturated rings. The van der Waals surface area contributed by atoms with Crippen molar-refractivity contribution in [2.24, 2.45) is 10.7 Å². The second-order valence-corrected chi connectivity index (χ2v) is 6.42. The molecular formula is C17H17ClF3IN4. The molecule has 0 amide bonds. The Labute approximate surface area is 171 Å². The highest BCUT2D eigenvalue weighted by molar-refractivity contribution is 14.0. The summed E-state index contributed by atoms with van der Waals surface area (Å²) in [5, 5.41) is 3.16.